The topological polar surface area (TPSA) is 46.3 Å². The summed E-state index contributed by atoms with van der Waals surface area (Å²) in [7, 11) is 0. The standard InChI is InChI=1S/C11H22N2O/c1-9(12)8-13-7-6-11(2,3)5-4-10(13)14/h9H,4-8,12H2,1-3H3/t9-/m0/s1. The minimum absolute atomic E-state index is 0.0835. The van der Waals surface area contributed by atoms with Crippen LogP contribution in [0.3, 0.4) is 0 Å². The second kappa shape index (κ2) is 4.30. The fourth-order valence-electron chi connectivity index (χ4n) is 1.83. The molecule has 1 aliphatic heterocycles. The van der Waals surface area contributed by atoms with Crippen molar-refractivity contribution in [2.75, 3.05) is 13.1 Å². The Kier molecular flexibility index (Phi) is 3.53. The number of rotatable bonds is 2. The molecular formula is C11H22N2O. The van der Waals surface area contributed by atoms with Gasteiger partial charge >= 0.3 is 0 Å². The van der Waals surface area contributed by atoms with Crippen molar-refractivity contribution < 1.29 is 4.79 Å². The zero-order valence-corrected chi connectivity index (χ0v) is 9.55. The van der Waals surface area contributed by atoms with Crippen molar-refractivity contribution >= 4 is 5.91 Å². The third kappa shape index (κ3) is 3.29. The SMILES string of the molecule is C[C@H](N)CN1CCC(C)(C)CCC1=O. The van der Waals surface area contributed by atoms with Crippen molar-refractivity contribution in [3.8, 4) is 0 Å². The third-order valence-corrected chi connectivity index (χ3v) is 2.94. The van der Waals surface area contributed by atoms with Crippen LogP contribution in [0.5, 0.6) is 0 Å². The van der Waals surface area contributed by atoms with Gasteiger partial charge in [0.15, 0.2) is 0 Å². The molecule has 3 nitrogen and oxygen atoms in total. The monoisotopic (exact) mass is 198 g/mol. The predicted octanol–water partition coefficient (Wildman–Crippen LogP) is 1.37. The maximum absolute atomic E-state index is 11.7. The summed E-state index contributed by atoms with van der Waals surface area (Å²) in [6.07, 6.45) is 2.77. The van der Waals surface area contributed by atoms with Gasteiger partial charge in [-0.25, -0.2) is 0 Å². The molecule has 0 bridgehead atoms. The van der Waals surface area contributed by atoms with Crippen molar-refractivity contribution in [2.24, 2.45) is 11.1 Å². The highest BCUT2D eigenvalue weighted by atomic mass is 16.2. The van der Waals surface area contributed by atoms with E-state index in [0.717, 1.165) is 19.4 Å². The zero-order chi connectivity index (χ0) is 10.8. The highest BCUT2D eigenvalue weighted by Gasteiger charge is 2.27. The van der Waals surface area contributed by atoms with Gasteiger partial charge in [-0.2, -0.15) is 0 Å². The van der Waals surface area contributed by atoms with Gasteiger partial charge < -0.3 is 10.6 Å². The molecule has 1 rings (SSSR count). The van der Waals surface area contributed by atoms with Gasteiger partial charge in [-0.1, -0.05) is 13.8 Å². The second-order valence-corrected chi connectivity index (χ2v) is 5.23. The lowest BCUT2D eigenvalue weighted by atomic mass is 9.85. The summed E-state index contributed by atoms with van der Waals surface area (Å²) in [5.74, 6) is 0.271. The smallest absolute Gasteiger partial charge is 0.222 e. The quantitative estimate of drug-likeness (QED) is 0.728. The lowest BCUT2D eigenvalue weighted by molar-refractivity contribution is -0.130. The summed E-state index contributed by atoms with van der Waals surface area (Å²) in [5, 5.41) is 0. The van der Waals surface area contributed by atoms with E-state index in [-0.39, 0.29) is 11.9 Å². The Hall–Kier alpha value is -0.570. The first-order valence-electron chi connectivity index (χ1n) is 5.44. The molecule has 14 heavy (non-hydrogen) atoms. The summed E-state index contributed by atoms with van der Waals surface area (Å²) in [4.78, 5) is 13.6. The number of nitrogens with zero attached hydrogens (tertiary/aromatic N) is 1. The molecule has 0 spiro atoms. The fourth-order valence-corrected chi connectivity index (χ4v) is 1.83. The summed E-state index contributed by atoms with van der Waals surface area (Å²) < 4.78 is 0. The van der Waals surface area contributed by atoms with E-state index in [2.05, 4.69) is 13.8 Å². The van der Waals surface area contributed by atoms with E-state index in [1.165, 1.54) is 0 Å². The minimum atomic E-state index is 0.0835. The van der Waals surface area contributed by atoms with E-state index in [4.69, 9.17) is 5.73 Å². The van der Waals surface area contributed by atoms with Crippen molar-refractivity contribution in [1.29, 1.82) is 0 Å². The molecule has 0 aromatic carbocycles. The molecule has 1 saturated heterocycles. The maximum atomic E-state index is 11.7. The lowest BCUT2D eigenvalue weighted by Gasteiger charge is -2.24. The van der Waals surface area contributed by atoms with Gasteiger partial charge in [0.05, 0.1) is 0 Å². The number of carbonyl (C=O) groups excluding carboxylic acids is 1. The average Bonchev–Trinajstić information content (AvgIpc) is 2.17. The van der Waals surface area contributed by atoms with E-state index in [1.54, 1.807) is 0 Å². The number of amides is 1. The molecule has 1 amide bonds. The van der Waals surface area contributed by atoms with E-state index in [0.29, 0.717) is 18.4 Å². The van der Waals surface area contributed by atoms with Crippen LogP contribution in [0, 0.1) is 5.41 Å². The Morgan fingerprint density at radius 3 is 2.71 bits per heavy atom. The molecule has 1 heterocycles. The van der Waals surface area contributed by atoms with Crippen LogP contribution < -0.4 is 5.73 Å². The number of hydrogen-bond donors (Lipinski definition) is 1. The Morgan fingerprint density at radius 1 is 1.50 bits per heavy atom. The summed E-state index contributed by atoms with van der Waals surface area (Å²) in [6, 6.07) is 0.0835. The minimum Gasteiger partial charge on any atom is -0.341 e. The normalized spacial score (nSPS) is 24.6. The first-order valence-corrected chi connectivity index (χ1v) is 5.44. The van der Waals surface area contributed by atoms with Crippen LogP contribution in [0.4, 0.5) is 0 Å². The average molecular weight is 198 g/mol. The number of likely N-dealkylation sites (tertiary alicyclic amines) is 1. The molecule has 0 aromatic heterocycles. The van der Waals surface area contributed by atoms with Gasteiger partial charge in [-0.3, -0.25) is 4.79 Å². The second-order valence-electron chi connectivity index (χ2n) is 5.23. The predicted molar refractivity (Wildman–Crippen MR) is 57.9 cm³/mol. The Balaban J connectivity index is 2.56. The molecule has 3 heteroatoms. The van der Waals surface area contributed by atoms with Crippen LogP contribution >= 0.6 is 0 Å². The van der Waals surface area contributed by atoms with Crippen molar-refractivity contribution in [1.82, 2.24) is 4.90 Å². The molecule has 1 fully saturated rings. The van der Waals surface area contributed by atoms with Gasteiger partial charge in [-0.15, -0.1) is 0 Å². The largest absolute Gasteiger partial charge is 0.341 e. The van der Waals surface area contributed by atoms with Crippen LogP contribution in [-0.2, 0) is 4.79 Å². The molecule has 2 N–H and O–H groups in total. The highest BCUT2D eigenvalue weighted by molar-refractivity contribution is 5.76. The Bertz CT molecular complexity index is 211. The van der Waals surface area contributed by atoms with Crippen LogP contribution in [0.2, 0.25) is 0 Å². The van der Waals surface area contributed by atoms with E-state index < -0.39 is 0 Å². The molecule has 0 radical (unpaired) electrons. The third-order valence-electron chi connectivity index (χ3n) is 2.94. The summed E-state index contributed by atoms with van der Waals surface area (Å²) in [5.41, 5.74) is 6.02. The van der Waals surface area contributed by atoms with Crippen LogP contribution in [0.25, 0.3) is 0 Å². The maximum Gasteiger partial charge on any atom is 0.222 e. The van der Waals surface area contributed by atoms with Gasteiger partial charge in [0, 0.05) is 25.6 Å². The molecule has 0 saturated carbocycles. The fraction of sp³-hybridized carbons (Fsp3) is 0.909. The van der Waals surface area contributed by atoms with Gasteiger partial charge in [0.25, 0.3) is 0 Å². The molecule has 1 aliphatic rings. The number of hydrogen-bond acceptors (Lipinski definition) is 2. The van der Waals surface area contributed by atoms with Crippen molar-refractivity contribution in [3.63, 3.8) is 0 Å². The first kappa shape index (κ1) is 11.5. The zero-order valence-electron chi connectivity index (χ0n) is 9.55. The van der Waals surface area contributed by atoms with Crippen molar-refractivity contribution in [2.45, 2.75) is 46.1 Å². The number of nitrogens with two attached hydrogens (primary N) is 1. The summed E-state index contributed by atoms with van der Waals surface area (Å²) in [6.45, 7) is 7.98. The Labute approximate surface area is 86.6 Å². The van der Waals surface area contributed by atoms with Crippen LogP contribution in [0.1, 0.15) is 40.0 Å². The molecule has 82 valence electrons. The van der Waals surface area contributed by atoms with E-state index in [9.17, 15) is 4.79 Å². The lowest BCUT2D eigenvalue weighted by Crippen LogP contribution is -2.39. The van der Waals surface area contributed by atoms with E-state index >= 15 is 0 Å². The molecule has 0 aliphatic carbocycles. The van der Waals surface area contributed by atoms with Gasteiger partial charge in [0.1, 0.15) is 0 Å². The van der Waals surface area contributed by atoms with Crippen LogP contribution in [0.15, 0.2) is 0 Å². The highest BCUT2D eigenvalue weighted by Crippen LogP contribution is 2.30. The first-order chi connectivity index (χ1) is 6.41. The molecular weight excluding hydrogens is 176 g/mol. The number of carbonyl (C=O) groups is 1. The molecule has 1 atom stereocenters. The Morgan fingerprint density at radius 2 is 2.14 bits per heavy atom. The molecule has 0 unspecified atom stereocenters. The molecule has 0 aromatic rings. The van der Waals surface area contributed by atoms with Crippen LogP contribution in [-0.4, -0.2) is 29.9 Å². The van der Waals surface area contributed by atoms with Crippen molar-refractivity contribution in [3.05, 3.63) is 0 Å². The van der Waals surface area contributed by atoms with Gasteiger partial charge in [0.2, 0.25) is 5.91 Å². The van der Waals surface area contributed by atoms with E-state index in [1.807, 2.05) is 11.8 Å². The van der Waals surface area contributed by atoms with Gasteiger partial charge in [-0.05, 0) is 25.2 Å². The summed E-state index contributed by atoms with van der Waals surface area (Å²) >= 11 is 0.